The molecule has 0 saturated heterocycles. The van der Waals surface area contributed by atoms with Gasteiger partial charge in [0.05, 0.1) is 0 Å². The third-order valence-electron chi connectivity index (χ3n) is 15.4. The van der Waals surface area contributed by atoms with Gasteiger partial charge in [0.2, 0.25) is 0 Å². The fraction of sp³-hybridized carbons (Fsp3) is 0.955. The van der Waals surface area contributed by atoms with Gasteiger partial charge in [-0.15, -0.1) is 0 Å². The number of hydrogen-bond donors (Lipinski definition) is 0. The molecule has 72 heavy (non-hydrogen) atoms. The summed E-state index contributed by atoms with van der Waals surface area (Å²) in [7, 11) is 0. The molecule has 0 radical (unpaired) electrons. The second kappa shape index (κ2) is 62.0. The lowest BCUT2D eigenvalue weighted by atomic mass is 10.0. The lowest BCUT2D eigenvalue weighted by molar-refractivity contribution is -0.167. The molecular weight excluding hydrogens is 889 g/mol. The fourth-order valence-electron chi connectivity index (χ4n) is 10.4. The molecule has 1 unspecified atom stereocenters. The van der Waals surface area contributed by atoms with Crippen LogP contribution >= 0.6 is 0 Å². The highest BCUT2D eigenvalue weighted by atomic mass is 16.6. The van der Waals surface area contributed by atoms with E-state index in [1.54, 1.807) is 0 Å². The van der Waals surface area contributed by atoms with E-state index in [2.05, 4.69) is 20.8 Å². The predicted molar refractivity (Wildman–Crippen MR) is 312 cm³/mol. The maximum Gasteiger partial charge on any atom is 0.306 e. The number of ether oxygens (including phenoxy) is 3. The summed E-state index contributed by atoms with van der Waals surface area (Å²) in [5.74, 6) is -0.834. The SMILES string of the molecule is CCCCCCCCCCCCCCCCCCCCCCCCCCCCCCCCCC(=O)OCC(COC(=O)CCCCCCCCCCC)OC(=O)CCCCCCCCCCCCCCCC. The molecule has 6 nitrogen and oxygen atoms in total. The van der Waals surface area contributed by atoms with Crippen molar-refractivity contribution in [1.82, 2.24) is 0 Å². The normalized spacial score (nSPS) is 11.9. The van der Waals surface area contributed by atoms with Gasteiger partial charge in [0.25, 0.3) is 0 Å². The Bertz CT molecular complexity index is 1080. The van der Waals surface area contributed by atoms with Gasteiger partial charge in [-0.05, 0) is 19.3 Å². The fourth-order valence-corrected chi connectivity index (χ4v) is 10.4. The lowest BCUT2D eigenvalue weighted by Gasteiger charge is -2.18. The van der Waals surface area contributed by atoms with Crippen LogP contribution in [0.3, 0.4) is 0 Å². The first-order valence-electron chi connectivity index (χ1n) is 33.0. The number of unbranched alkanes of at least 4 members (excludes halogenated alkanes) is 51. The van der Waals surface area contributed by atoms with E-state index in [1.165, 1.54) is 289 Å². The molecule has 0 saturated carbocycles. The van der Waals surface area contributed by atoms with Gasteiger partial charge >= 0.3 is 17.9 Å². The van der Waals surface area contributed by atoms with E-state index < -0.39 is 6.10 Å². The Morgan fingerprint density at radius 3 is 0.556 bits per heavy atom. The van der Waals surface area contributed by atoms with Crippen molar-refractivity contribution in [2.45, 2.75) is 393 Å². The average Bonchev–Trinajstić information content (AvgIpc) is 3.38. The molecule has 0 aromatic carbocycles. The highest BCUT2D eigenvalue weighted by Crippen LogP contribution is 2.19. The van der Waals surface area contributed by atoms with Crippen LogP contribution < -0.4 is 0 Å². The number of esters is 3. The van der Waals surface area contributed by atoms with Crippen molar-refractivity contribution in [3.63, 3.8) is 0 Å². The molecule has 0 N–H and O–H groups in total. The summed E-state index contributed by atoms with van der Waals surface area (Å²) in [4.78, 5) is 38.1. The number of carbonyl (C=O) groups excluding carboxylic acids is 3. The maximum atomic E-state index is 12.8. The molecule has 0 bridgehead atoms. The molecule has 0 heterocycles. The van der Waals surface area contributed by atoms with E-state index in [1.807, 2.05) is 0 Å². The van der Waals surface area contributed by atoms with Crippen LogP contribution in [0.25, 0.3) is 0 Å². The summed E-state index contributed by atoms with van der Waals surface area (Å²) >= 11 is 0. The highest BCUT2D eigenvalue weighted by Gasteiger charge is 2.19. The van der Waals surface area contributed by atoms with Gasteiger partial charge in [0, 0.05) is 19.3 Å². The molecule has 0 aliphatic rings. The third-order valence-corrected chi connectivity index (χ3v) is 15.4. The summed E-state index contributed by atoms with van der Waals surface area (Å²) in [6, 6.07) is 0. The minimum absolute atomic E-state index is 0.0613. The van der Waals surface area contributed by atoms with E-state index in [-0.39, 0.29) is 31.1 Å². The van der Waals surface area contributed by atoms with Crippen LogP contribution in [0, 0.1) is 0 Å². The van der Waals surface area contributed by atoms with Crippen molar-refractivity contribution in [2.75, 3.05) is 13.2 Å². The second-order valence-corrected chi connectivity index (χ2v) is 22.8. The largest absolute Gasteiger partial charge is 0.462 e. The third kappa shape index (κ3) is 59.3. The standard InChI is InChI=1S/C66H128O6/c1-4-7-10-13-16-19-21-23-25-26-27-28-29-30-31-32-33-34-35-36-37-38-39-40-41-43-44-47-50-53-56-59-65(68)71-62-63(61-70-64(67)58-55-52-49-46-18-15-12-9-6-3)72-66(69)60-57-54-51-48-45-42-24-22-20-17-14-11-8-5-2/h63H,4-62H2,1-3H3. The summed E-state index contributed by atoms with van der Waals surface area (Å²) < 4.78 is 16.9. The zero-order valence-electron chi connectivity index (χ0n) is 49.2. The van der Waals surface area contributed by atoms with Gasteiger partial charge in [0.15, 0.2) is 6.10 Å². The minimum atomic E-state index is -0.761. The quantitative estimate of drug-likeness (QED) is 0.0343. The zero-order valence-corrected chi connectivity index (χ0v) is 49.2. The zero-order chi connectivity index (χ0) is 52.2. The predicted octanol–water partition coefficient (Wildman–Crippen LogP) is 22.3. The first-order chi connectivity index (χ1) is 35.5. The van der Waals surface area contributed by atoms with E-state index in [9.17, 15) is 14.4 Å². The van der Waals surface area contributed by atoms with E-state index in [0.717, 1.165) is 57.8 Å². The molecule has 0 spiro atoms. The molecule has 0 aliphatic heterocycles. The van der Waals surface area contributed by atoms with Gasteiger partial charge < -0.3 is 14.2 Å². The van der Waals surface area contributed by atoms with Crippen molar-refractivity contribution in [3.05, 3.63) is 0 Å². The molecule has 0 aromatic heterocycles. The summed E-state index contributed by atoms with van der Waals surface area (Å²) in [5, 5.41) is 0. The number of hydrogen-bond acceptors (Lipinski definition) is 6. The monoisotopic (exact) mass is 1020 g/mol. The summed E-state index contributed by atoms with van der Waals surface area (Å²) in [5.41, 5.74) is 0. The summed E-state index contributed by atoms with van der Waals surface area (Å²) in [6.45, 7) is 6.69. The maximum absolute atomic E-state index is 12.8. The lowest BCUT2D eigenvalue weighted by Crippen LogP contribution is -2.30. The molecule has 6 heteroatoms. The smallest absolute Gasteiger partial charge is 0.306 e. The van der Waals surface area contributed by atoms with Gasteiger partial charge in [-0.1, -0.05) is 348 Å². The Morgan fingerprint density at radius 1 is 0.222 bits per heavy atom. The van der Waals surface area contributed by atoms with Crippen molar-refractivity contribution >= 4 is 17.9 Å². The van der Waals surface area contributed by atoms with Crippen molar-refractivity contribution in [3.8, 4) is 0 Å². The van der Waals surface area contributed by atoms with Crippen molar-refractivity contribution < 1.29 is 28.6 Å². The number of rotatable bonds is 62. The van der Waals surface area contributed by atoms with Gasteiger partial charge in [0.1, 0.15) is 13.2 Å². The molecule has 0 rings (SSSR count). The molecular formula is C66H128O6. The topological polar surface area (TPSA) is 78.9 Å². The Labute approximate surface area is 450 Å². The van der Waals surface area contributed by atoms with E-state index >= 15 is 0 Å². The summed E-state index contributed by atoms with van der Waals surface area (Å²) in [6.07, 6.45) is 71.5. The van der Waals surface area contributed by atoms with Crippen LogP contribution in [0.5, 0.6) is 0 Å². The van der Waals surface area contributed by atoms with Gasteiger partial charge in [-0.3, -0.25) is 14.4 Å². The van der Waals surface area contributed by atoms with E-state index in [0.29, 0.717) is 19.3 Å². The van der Waals surface area contributed by atoms with Gasteiger partial charge in [-0.2, -0.15) is 0 Å². The molecule has 0 aromatic rings. The van der Waals surface area contributed by atoms with E-state index in [4.69, 9.17) is 14.2 Å². The van der Waals surface area contributed by atoms with Crippen molar-refractivity contribution in [1.29, 1.82) is 0 Å². The first kappa shape index (κ1) is 70.4. The van der Waals surface area contributed by atoms with Crippen LogP contribution in [0.2, 0.25) is 0 Å². The Morgan fingerprint density at radius 2 is 0.375 bits per heavy atom. The first-order valence-corrected chi connectivity index (χ1v) is 33.0. The Hall–Kier alpha value is -1.59. The molecule has 0 fully saturated rings. The second-order valence-electron chi connectivity index (χ2n) is 22.8. The molecule has 428 valence electrons. The molecule has 0 amide bonds. The number of carbonyl (C=O) groups is 3. The van der Waals surface area contributed by atoms with Crippen LogP contribution in [-0.2, 0) is 28.6 Å². The van der Waals surface area contributed by atoms with Crippen LogP contribution in [0.15, 0.2) is 0 Å². The van der Waals surface area contributed by atoms with Gasteiger partial charge in [-0.25, -0.2) is 0 Å². The van der Waals surface area contributed by atoms with Crippen LogP contribution in [-0.4, -0.2) is 37.2 Å². The average molecular weight is 1020 g/mol. The minimum Gasteiger partial charge on any atom is -0.462 e. The Kier molecular flexibility index (Phi) is 60.6. The molecule has 0 aliphatic carbocycles. The van der Waals surface area contributed by atoms with Crippen LogP contribution in [0.4, 0.5) is 0 Å². The van der Waals surface area contributed by atoms with Crippen LogP contribution in [0.1, 0.15) is 387 Å². The van der Waals surface area contributed by atoms with Crippen molar-refractivity contribution in [2.24, 2.45) is 0 Å². The highest BCUT2D eigenvalue weighted by molar-refractivity contribution is 5.71. The Balaban J connectivity index is 3.97. The molecule has 1 atom stereocenters.